The number of aliphatic hydroxyl groups excluding tert-OH is 1. The van der Waals surface area contributed by atoms with Gasteiger partial charge < -0.3 is 63.3 Å². The molecule has 0 saturated carbocycles. The first-order valence-corrected chi connectivity index (χ1v) is 16.9. The summed E-state index contributed by atoms with van der Waals surface area (Å²) in [5.74, 6) is -4.95. The molecule has 5 N–H and O–H groups in total. The van der Waals surface area contributed by atoms with Crippen molar-refractivity contribution in [3.8, 4) is 0 Å². The Morgan fingerprint density at radius 1 is 0.692 bits per heavy atom. The predicted octanol–water partition coefficient (Wildman–Crippen LogP) is -0.373. The number of allylic oxidation sites excluding steroid dienone is 2. The van der Waals surface area contributed by atoms with E-state index in [0.29, 0.717) is 0 Å². The summed E-state index contributed by atoms with van der Waals surface area (Å²) in [6.07, 6.45) is 0.642. The number of esters is 4. The van der Waals surface area contributed by atoms with Gasteiger partial charge in [-0.05, 0) is 0 Å². The summed E-state index contributed by atoms with van der Waals surface area (Å²) in [6.45, 7) is 3.48. The number of phosphoric acid groups is 1. The third-order valence-corrected chi connectivity index (χ3v) is 7.83. The Morgan fingerprint density at radius 3 is 1.40 bits per heavy atom. The van der Waals surface area contributed by atoms with E-state index < -0.39 is 106 Å². The van der Waals surface area contributed by atoms with Gasteiger partial charge in [0.25, 0.3) is 0 Å². The zero-order valence-corrected chi connectivity index (χ0v) is 29.1. The minimum atomic E-state index is -4.85. The highest BCUT2D eigenvalue weighted by Gasteiger charge is 2.52. The molecule has 0 radical (unpaired) electrons. The number of ether oxygens (including phenoxy) is 6. The van der Waals surface area contributed by atoms with Gasteiger partial charge in [0.05, 0.1) is 24.4 Å². The van der Waals surface area contributed by atoms with Crippen LogP contribution >= 0.6 is 7.82 Å². The molecule has 21 nitrogen and oxygen atoms in total. The van der Waals surface area contributed by atoms with Crippen molar-refractivity contribution >= 4 is 43.6 Å². The number of aliphatic hydroxyl groups is 1. The summed E-state index contributed by atoms with van der Waals surface area (Å²) in [7, 11) is -4.85. The second kappa shape index (κ2) is 18.2. The molecule has 4 aliphatic rings. The lowest BCUT2D eigenvalue weighted by molar-refractivity contribution is -0.166. The van der Waals surface area contributed by atoms with Crippen LogP contribution in [-0.2, 0) is 66.3 Å². The molecule has 0 aromatic carbocycles. The zero-order valence-electron chi connectivity index (χ0n) is 28.2. The summed E-state index contributed by atoms with van der Waals surface area (Å²) < 4.78 is 47.4. The van der Waals surface area contributed by atoms with Crippen LogP contribution in [-0.4, -0.2) is 133 Å². The maximum atomic E-state index is 11.5. The van der Waals surface area contributed by atoms with Gasteiger partial charge in [-0.25, -0.2) is 14.2 Å². The van der Waals surface area contributed by atoms with Gasteiger partial charge in [-0.1, -0.05) is 12.2 Å². The van der Waals surface area contributed by atoms with E-state index in [0.717, 1.165) is 13.8 Å². The maximum Gasteiger partial charge on any atom is 0.469 e. The normalized spacial score (nSPS) is 28.1. The summed E-state index contributed by atoms with van der Waals surface area (Å²) in [5.41, 5.74) is 0.158. The average Bonchev–Trinajstić information content (AvgIpc) is 3.55. The molecule has 0 spiro atoms. The van der Waals surface area contributed by atoms with E-state index in [1.807, 2.05) is 0 Å². The molecular formula is C30H39N2O19P. The molecule has 4 rings (SSSR count). The molecule has 2 saturated heterocycles. The SMILES string of the molecule is CC(=O)OC1[C@@H](CO)O[C@@H](N2C=CCC(C(=O)O)=C2)[C@H]1OC(C)=O.CC(=O)OC1[C@@H](COP(=O)(O)O)O[C@@H](N2C=CCC(C(=O)O)=C2)[C@H]1OC(C)=O. The number of nitrogens with zero attached hydrogens (tertiary/aromatic N) is 2. The largest absolute Gasteiger partial charge is 0.478 e. The summed E-state index contributed by atoms with van der Waals surface area (Å²) in [5, 5.41) is 27.7. The standard InChI is InChI=1S/C15H20NO11P.C15H19NO8/c1-8(17)25-12-11(7-24-28(21,22)23)27-14(13(12)26-9(2)18)16-5-3-4-10(6-16)15(19)20;1-8(18)22-12-11(7-17)24-14(13(12)23-9(2)19)16-5-3-4-10(6-16)15(20)21/h3,5-6,11-14H,4,7H2,1-2H3,(H,19,20)(H2,21,22,23);3,5-6,11-14,17H,4,7H2,1-2H3,(H,20,21)/t2*11-,12?,13+,14-/m11/s1. The first-order valence-electron chi connectivity index (χ1n) is 15.4. The van der Waals surface area contributed by atoms with E-state index in [9.17, 15) is 43.5 Å². The molecule has 4 heterocycles. The minimum absolute atomic E-state index is 0.0339. The Labute approximate surface area is 295 Å². The number of aliphatic carboxylic acids is 2. The summed E-state index contributed by atoms with van der Waals surface area (Å²) in [6, 6.07) is 0. The highest BCUT2D eigenvalue weighted by molar-refractivity contribution is 7.46. The van der Waals surface area contributed by atoms with Crippen molar-refractivity contribution < 1.29 is 91.4 Å². The second-order valence-corrected chi connectivity index (χ2v) is 12.6. The fraction of sp³-hybridized carbons (Fsp3) is 0.533. The van der Waals surface area contributed by atoms with Crippen molar-refractivity contribution in [1.29, 1.82) is 0 Å². The van der Waals surface area contributed by atoms with Gasteiger partial charge in [-0.3, -0.25) is 23.7 Å². The van der Waals surface area contributed by atoms with Crippen molar-refractivity contribution in [2.45, 2.75) is 89.6 Å². The van der Waals surface area contributed by atoms with Crippen LogP contribution < -0.4 is 0 Å². The van der Waals surface area contributed by atoms with Gasteiger partial charge in [0.2, 0.25) is 0 Å². The minimum Gasteiger partial charge on any atom is -0.478 e. The molecule has 2 unspecified atom stereocenters. The van der Waals surface area contributed by atoms with E-state index in [1.54, 1.807) is 12.3 Å². The van der Waals surface area contributed by atoms with E-state index in [-0.39, 0.29) is 24.0 Å². The predicted molar refractivity (Wildman–Crippen MR) is 167 cm³/mol. The Balaban J connectivity index is 0.000000284. The van der Waals surface area contributed by atoms with Crippen LogP contribution in [0.3, 0.4) is 0 Å². The lowest BCUT2D eigenvalue weighted by Crippen LogP contribution is -2.44. The Bertz CT molecular complexity index is 1550. The van der Waals surface area contributed by atoms with Gasteiger partial charge in [-0.2, -0.15) is 0 Å². The van der Waals surface area contributed by atoms with Crippen molar-refractivity contribution in [3.63, 3.8) is 0 Å². The molecule has 0 amide bonds. The summed E-state index contributed by atoms with van der Waals surface area (Å²) >= 11 is 0. The van der Waals surface area contributed by atoms with Crippen molar-refractivity contribution in [2.24, 2.45) is 0 Å². The van der Waals surface area contributed by atoms with Gasteiger partial charge in [-0.15, -0.1) is 0 Å². The molecule has 8 atom stereocenters. The summed E-state index contributed by atoms with van der Waals surface area (Å²) in [4.78, 5) is 88.6. The topological polar surface area (TPSA) is 292 Å². The van der Waals surface area contributed by atoms with Gasteiger partial charge >= 0.3 is 43.6 Å². The van der Waals surface area contributed by atoms with E-state index in [4.69, 9.17) is 43.3 Å². The third-order valence-electron chi connectivity index (χ3n) is 7.34. The maximum absolute atomic E-state index is 11.5. The Kier molecular flexibility index (Phi) is 14.6. The number of hydrogen-bond donors (Lipinski definition) is 5. The fourth-order valence-corrected chi connectivity index (χ4v) is 5.75. The number of carbonyl (C=O) groups is 6. The molecule has 4 aliphatic heterocycles. The van der Waals surface area contributed by atoms with Crippen LogP contribution in [0.5, 0.6) is 0 Å². The van der Waals surface area contributed by atoms with Crippen molar-refractivity contribution in [2.75, 3.05) is 13.2 Å². The van der Waals surface area contributed by atoms with E-state index in [1.165, 1.54) is 48.3 Å². The number of carboxylic acids is 2. The molecule has 2 fully saturated rings. The molecule has 22 heteroatoms. The number of phosphoric ester groups is 1. The lowest BCUT2D eigenvalue weighted by Gasteiger charge is -2.30. The molecule has 0 aliphatic carbocycles. The van der Waals surface area contributed by atoms with Crippen LogP contribution in [0.25, 0.3) is 0 Å². The average molecular weight is 763 g/mol. The van der Waals surface area contributed by atoms with Gasteiger partial charge in [0.15, 0.2) is 36.9 Å². The van der Waals surface area contributed by atoms with Crippen LogP contribution in [0.4, 0.5) is 0 Å². The van der Waals surface area contributed by atoms with E-state index >= 15 is 0 Å². The highest BCUT2D eigenvalue weighted by Crippen LogP contribution is 2.39. The fourth-order valence-electron chi connectivity index (χ4n) is 5.41. The Hall–Kier alpha value is -4.63. The van der Waals surface area contributed by atoms with Crippen LogP contribution in [0.2, 0.25) is 0 Å². The van der Waals surface area contributed by atoms with Gasteiger partial charge in [0.1, 0.15) is 12.2 Å². The smallest absolute Gasteiger partial charge is 0.469 e. The molecule has 0 aromatic heterocycles. The zero-order chi connectivity index (χ0) is 38.9. The molecule has 0 bridgehead atoms. The number of rotatable bonds is 12. The first kappa shape index (κ1) is 41.8. The highest BCUT2D eigenvalue weighted by atomic mass is 31.2. The monoisotopic (exact) mass is 762 g/mol. The third kappa shape index (κ3) is 11.7. The van der Waals surface area contributed by atoms with Crippen LogP contribution in [0.1, 0.15) is 40.5 Å². The lowest BCUT2D eigenvalue weighted by atomic mass is 10.1. The van der Waals surface area contributed by atoms with E-state index in [2.05, 4.69) is 4.52 Å². The molecule has 288 valence electrons. The first-order chi connectivity index (χ1) is 24.3. The second-order valence-electron chi connectivity index (χ2n) is 11.4. The number of hydrogen-bond acceptors (Lipinski definition) is 17. The Morgan fingerprint density at radius 2 is 1.06 bits per heavy atom. The van der Waals surface area contributed by atoms with Crippen LogP contribution in [0.15, 0.2) is 48.1 Å². The van der Waals surface area contributed by atoms with Crippen LogP contribution in [0, 0.1) is 0 Å². The van der Waals surface area contributed by atoms with Crippen molar-refractivity contribution in [3.05, 3.63) is 48.1 Å². The number of carboxylic acid groups (broad SMARTS) is 2. The number of carbonyl (C=O) groups excluding carboxylic acids is 4. The molecule has 0 aromatic rings. The quantitative estimate of drug-likeness (QED) is 0.0962. The van der Waals surface area contributed by atoms with Gasteiger partial charge in [0, 0.05) is 65.3 Å². The molecular weight excluding hydrogens is 723 g/mol. The molecule has 52 heavy (non-hydrogen) atoms. The van der Waals surface area contributed by atoms with Crippen molar-refractivity contribution in [1.82, 2.24) is 9.80 Å².